The molecule has 0 aliphatic rings. The minimum absolute atomic E-state index is 0.0917. The number of carbonyl (C=O) groups is 1. The van der Waals surface area contributed by atoms with Gasteiger partial charge in [0.1, 0.15) is 5.82 Å². The highest BCUT2D eigenvalue weighted by Crippen LogP contribution is 2.18. The van der Waals surface area contributed by atoms with E-state index in [0.717, 1.165) is 13.2 Å². The molecule has 0 heterocycles. The highest BCUT2D eigenvalue weighted by atomic mass is 19.4. The van der Waals surface area contributed by atoms with Gasteiger partial charge < -0.3 is 10.1 Å². The number of alkyl halides is 3. The Balaban J connectivity index is 2.52. The number of esters is 1. The molecule has 0 bridgehead atoms. The van der Waals surface area contributed by atoms with E-state index in [4.69, 9.17) is 0 Å². The summed E-state index contributed by atoms with van der Waals surface area (Å²) in [6.07, 6.45) is -5.16. The van der Waals surface area contributed by atoms with Crippen molar-refractivity contribution in [2.75, 3.05) is 13.7 Å². The van der Waals surface area contributed by atoms with E-state index in [1.54, 1.807) is 0 Å². The number of nitrogens with one attached hydrogen (secondary N) is 1. The Kier molecular flexibility index (Phi) is 5.29. The lowest BCUT2D eigenvalue weighted by Crippen LogP contribution is -2.21. The van der Waals surface area contributed by atoms with E-state index in [1.807, 2.05) is 0 Å². The molecular weight excluding hydrogens is 266 g/mol. The van der Waals surface area contributed by atoms with Gasteiger partial charge in [-0.25, -0.2) is 9.18 Å². The fraction of sp³-hybridized carbons (Fsp3) is 0.417. The average Bonchev–Trinajstić information content (AvgIpc) is 2.33. The van der Waals surface area contributed by atoms with Crippen molar-refractivity contribution in [2.24, 2.45) is 0 Å². The summed E-state index contributed by atoms with van der Waals surface area (Å²) in [6.45, 7) is -0.154. The molecular formula is C12H13F4NO2. The standard InChI is InChI=1S/C12H13F4NO2/c1-19-11(18)9-3-2-8(6-10(9)13)7-17-5-4-12(14,15)16/h2-3,6,17H,4-5,7H2,1H3. The van der Waals surface area contributed by atoms with Crippen LogP contribution in [0.4, 0.5) is 17.6 Å². The predicted octanol–water partition coefficient (Wildman–Crippen LogP) is 2.65. The summed E-state index contributed by atoms with van der Waals surface area (Å²) in [5, 5.41) is 2.55. The molecule has 1 rings (SSSR count). The van der Waals surface area contributed by atoms with Gasteiger partial charge in [0.15, 0.2) is 0 Å². The van der Waals surface area contributed by atoms with Gasteiger partial charge in [0.25, 0.3) is 0 Å². The summed E-state index contributed by atoms with van der Waals surface area (Å²) in [7, 11) is 1.13. The van der Waals surface area contributed by atoms with Crippen molar-refractivity contribution in [1.29, 1.82) is 0 Å². The normalized spacial score (nSPS) is 11.4. The third kappa shape index (κ3) is 5.25. The molecule has 1 aromatic carbocycles. The minimum atomic E-state index is -4.22. The van der Waals surface area contributed by atoms with Crippen molar-refractivity contribution in [1.82, 2.24) is 5.32 Å². The quantitative estimate of drug-likeness (QED) is 0.511. The lowest BCUT2D eigenvalue weighted by atomic mass is 10.1. The van der Waals surface area contributed by atoms with Crippen molar-refractivity contribution in [3.05, 3.63) is 35.1 Å². The van der Waals surface area contributed by atoms with E-state index in [0.29, 0.717) is 5.56 Å². The molecule has 0 aliphatic carbocycles. The molecule has 0 unspecified atom stereocenters. The molecule has 0 amide bonds. The van der Waals surface area contributed by atoms with Crippen molar-refractivity contribution >= 4 is 5.97 Å². The van der Waals surface area contributed by atoms with Gasteiger partial charge in [0.05, 0.1) is 19.1 Å². The maximum absolute atomic E-state index is 13.5. The molecule has 1 aromatic rings. The lowest BCUT2D eigenvalue weighted by Gasteiger charge is -2.08. The Morgan fingerprint density at radius 2 is 2.05 bits per heavy atom. The molecule has 106 valence electrons. The maximum atomic E-state index is 13.5. The van der Waals surface area contributed by atoms with Crippen LogP contribution in [0.5, 0.6) is 0 Å². The van der Waals surface area contributed by atoms with Gasteiger partial charge in [-0.05, 0) is 17.7 Å². The van der Waals surface area contributed by atoms with Gasteiger partial charge in [0.2, 0.25) is 0 Å². The average molecular weight is 279 g/mol. The van der Waals surface area contributed by atoms with Crippen LogP contribution >= 0.6 is 0 Å². The number of benzene rings is 1. The Hall–Kier alpha value is -1.63. The van der Waals surface area contributed by atoms with Crippen LogP contribution in [0.1, 0.15) is 22.3 Å². The van der Waals surface area contributed by atoms with Crippen LogP contribution in [0, 0.1) is 5.82 Å². The number of hydrogen-bond acceptors (Lipinski definition) is 3. The first kappa shape index (κ1) is 15.4. The number of rotatable bonds is 5. The van der Waals surface area contributed by atoms with Crippen molar-refractivity contribution in [3.8, 4) is 0 Å². The Bertz CT molecular complexity index is 446. The van der Waals surface area contributed by atoms with Crippen LogP contribution in [-0.2, 0) is 11.3 Å². The SMILES string of the molecule is COC(=O)c1ccc(CNCCC(F)(F)F)cc1F. The van der Waals surface area contributed by atoms with E-state index >= 15 is 0 Å². The molecule has 0 radical (unpaired) electrons. The number of ether oxygens (including phenoxy) is 1. The van der Waals surface area contributed by atoms with Gasteiger partial charge >= 0.3 is 12.1 Å². The number of hydrogen-bond donors (Lipinski definition) is 1. The zero-order chi connectivity index (χ0) is 14.5. The van der Waals surface area contributed by atoms with Crippen LogP contribution in [-0.4, -0.2) is 25.8 Å². The second-order valence-corrected chi connectivity index (χ2v) is 3.85. The molecule has 0 saturated heterocycles. The second-order valence-electron chi connectivity index (χ2n) is 3.85. The van der Waals surface area contributed by atoms with Crippen LogP contribution in [0.3, 0.4) is 0 Å². The first-order valence-corrected chi connectivity index (χ1v) is 5.47. The molecule has 3 nitrogen and oxygen atoms in total. The lowest BCUT2D eigenvalue weighted by molar-refractivity contribution is -0.133. The third-order valence-electron chi connectivity index (χ3n) is 2.35. The fourth-order valence-electron chi connectivity index (χ4n) is 1.41. The zero-order valence-electron chi connectivity index (χ0n) is 10.2. The monoisotopic (exact) mass is 279 g/mol. The molecule has 19 heavy (non-hydrogen) atoms. The van der Waals surface area contributed by atoms with Gasteiger partial charge in [-0.1, -0.05) is 6.07 Å². The molecule has 1 N–H and O–H groups in total. The first-order chi connectivity index (χ1) is 8.83. The number of methoxy groups -OCH3 is 1. The highest BCUT2D eigenvalue weighted by molar-refractivity contribution is 5.89. The first-order valence-electron chi connectivity index (χ1n) is 5.47. The summed E-state index contributed by atoms with van der Waals surface area (Å²) >= 11 is 0. The summed E-state index contributed by atoms with van der Waals surface area (Å²) in [5.74, 6) is -1.56. The zero-order valence-corrected chi connectivity index (χ0v) is 10.2. The molecule has 0 spiro atoms. The predicted molar refractivity (Wildman–Crippen MR) is 60.1 cm³/mol. The molecule has 0 saturated carbocycles. The van der Waals surface area contributed by atoms with Crippen molar-refractivity contribution < 1.29 is 27.1 Å². The van der Waals surface area contributed by atoms with E-state index in [-0.39, 0.29) is 18.7 Å². The van der Waals surface area contributed by atoms with E-state index in [9.17, 15) is 22.4 Å². The minimum Gasteiger partial charge on any atom is -0.465 e. The van der Waals surface area contributed by atoms with Crippen LogP contribution in [0.2, 0.25) is 0 Å². The van der Waals surface area contributed by atoms with Crippen molar-refractivity contribution in [3.63, 3.8) is 0 Å². The van der Waals surface area contributed by atoms with Gasteiger partial charge in [0, 0.05) is 13.1 Å². The van der Waals surface area contributed by atoms with E-state index < -0.39 is 24.4 Å². The molecule has 0 aliphatic heterocycles. The van der Waals surface area contributed by atoms with Crippen LogP contribution < -0.4 is 5.32 Å². The fourth-order valence-corrected chi connectivity index (χ4v) is 1.41. The molecule has 0 atom stereocenters. The number of halogens is 4. The smallest absolute Gasteiger partial charge is 0.390 e. The molecule has 0 aromatic heterocycles. The maximum Gasteiger partial charge on any atom is 0.390 e. The Morgan fingerprint density at radius 1 is 1.37 bits per heavy atom. The second kappa shape index (κ2) is 6.51. The molecule has 0 fully saturated rings. The summed E-state index contributed by atoms with van der Waals surface area (Å²) in [6, 6.07) is 3.78. The van der Waals surface area contributed by atoms with Crippen LogP contribution in [0.15, 0.2) is 18.2 Å². The summed E-state index contributed by atoms with van der Waals surface area (Å²) in [4.78, 5) is 11.1. The van der Waals surface area contributed by atoms with E-state index in [2.05, 4.69) is 10.1 Å². The summed E-state index contributed by atoms with van der Waals surface area (Å²) in [5.41, 5.74) is 0.244. The van der Waals surface area contributed by atoms with Gasteiger partial charge in [-0.3, -0.25) is 0 Å². The summed E-state index contributed by atoms with van der Waals surface area (Å²) < 4.78 is 53.5. The van der Waals surface area contributed by atoms with Crippen molar-refractivity contribution in [2.45, 2.75) is 19.1 Å². The van der Waals surface area contributed by atoms with E-state index in [1.165, 1.54) is 12.1 Å². The van der Waals surface area contributed by atoms with Gasteiger partial charge in [-0.2, -0.15) is 13.2 Å². The molecule has 7 heteroatoms. The Labute approximate surface area is 107 Å². The highest BCUT2D eigenvalue weighted by Gasteiger charge is 2.25. The van der Waals surface area contributed by atoms with Gasteiger partial charge in [-0.15, -0.1) is 0 Å². The van der Waals surface area contributed by atoms with Crippen LogP contribution in [0.25, 0.3) is 0 Å². The Morgan fingerprint density at radius 3 is 2.58 bits per heavy atom. The topological polar surface area (TPSA) is 38.3 Å². The largest absolute Gasteiger partial charge is 0.465 e. The third-order valence-corrected chi connectivity index (χ3v) is 2.35. The number of carbonyl (C=O) groups excluding carboxylic acids is 1.